The van der Waals surface area contributed by atoms with E-state index in [2.05, 4.69) is 0 Å². The van der Waals surface area contributed by atoms with Gasteiger partial charge in [-0.05, 0) is 36.7 Å². The Kier molecular flexibility index (Phi) is 4.55. The standard InChI is InChI=1S/C12H15NO2S/c1-9(2)8-12(13(14)15)16-11-6-4-10(3)5-7-11/h4-9H,1-3H3/b12-8-. The highest BCUT2D eigenvalue weighted by molar-refractivity contribution is 8.02. The van der Waals surface area contributed by atoms with Crippen molar-refractivity contribution in [3.63, 3.8) is 0 Å². The Labute approximate surface area is 99.7 Å². The summed E-state index contributed by atoms with van der Waals surface area (Å²) in [6, 6.07) is 7.71. The summed E-state index contributed by atoms with van der Waals surface area (Å²) in [5.74, 6) is 0.179. The average Bonchev–Trinajstić information content (AvgIpc) is 2.19. The molecule has 16 heavy (non-hydrogen) atoms. The maximum Gasteiger partial charge on any atom is 0.304 e. The van der Waals surface area contributed by atoms with Crippen LogP contribution in [0.25, 0.3) is 0 Å². The quantitative estimate of drug-likeness (QED) is 0.453. The molecule has 86 valence electrons. The molecule has 1 rings (SSSR count). The van der Waals surface area contributed by atoms with Crippen LogP contribution in [-0.4, -0.2) is 4.92 Å². The summed E-state index contributed by atoms with van der Waals surface area (Å²) in [6.07, 6.45) is 1.67. The zero-order chi connectivity index (χ0) is 12.1. The van der Waals surface area contributed by atoms with Crippen LogP contribution in [0, 0.1) is 23.0 Å². The number of allylic oxidation sites excluding steroid dienone is 1. The van der Waals surface area contributed by atoms with Crippen molar-refractivity contribution in [1.29, 1.82) is 0 Å². The number of thioether (sulfide) groups is 1. The number of hydrogen-bond acceptors (Lipinski definition) is 3. The number of nitro groups is 1. The molecule has 0 bridgehead atoms. The summed E-state index contributed by atoms with van der Waals surface area (Å²) in [5.41, 5.74) is 1.15. The Bertz CT molecular complexity index is 396. The van der Waals surface area contributed by atoms with E-state index in [9.17, 15) is 10.1 Å². The van der Waals surface area contributed by atoms with Crippen molar-refractivity contribution in [1.82, 2.24) is 0 Å². The smallest absolute Gasteiger partial charge is 0.258 e. The van der Waals surface area contributed by atoms with Gasteiger partial charge in [-0.1, -0.05) is 31.5 Å². The van der Waals surface area contributed by atoms with Gasteiger partial charge in [0, 0.05) is 11.0 Å². The summed E-state index contributed by atoms with van der Waals surface area (Å²) in [5, 5.41) is 11.0. The summed E-state index contributed by atoms with van der Waals surface area (Å²) in [6.45, 7) is 5.85. The molecule has 3 nitrogen and oxygen atoms in total. The molecule has 0 radical (unpaired) electrons. The molecule has 0 unspecified atom stereocenters. The van der Waals surface area contributed by atoms with Crippen LogP contribution in [-0.2, 0) is 0 Å². The van der Waals surface area contributed by atoms with Crippen molar-refractivity contribution in [2.24, 2.45) is 5.92 Å². The van der Waals surface area contributed by atoms with Crippen LogP contribution < -0.4 is 0 Å². The Morgan fingerprint density at radius 1 is 1.38 bits per heavy atom. The average molecular weight is 237 g/mol. The van der Waals surface area contributed by atoms with Gasteiger partial charge in [0.2, 0.25) is 0 Å². The summed E-state index contributed by atoms with van der Waals surface area (Å²) in [4.78, 5) is 11.4. The lowest BCUT2D eigenvalue weighted by molar-refractivity contribution is -0.410. The van der Waals surface area contributed by atoms with E-state index >= 15 is 0 Å². The zero-order valence-corrected chi connectivity index (χ0v) is 10.5. The van der Waals surface area contributed by atoms with Gasteiger partial charge in [0.1, 0.15) is 0 Å². The first-order chi connectivity index (χ1) is 7.49. The molecule has 0 aliphatic heterocycles. The van der Waals surface area contributed by atoms with Gasteiger partial charge < -0.3 is 0 Å². The van der Waals surface area contributed by atoms with Gasteiger partial charge >= 0.3 is 5.03 Å². The van der Waals surface area contributed by atoms with Gasteiger partial charge in [0.05, 0.1) is 4.92 Å². The molecule has 0 fully saturated rings. The molecular formula is C12H15NO2S. The minimum absolute atomic E-state index is 0.179. The summed E-state index contributed by atoms with van der Waals surface area (Å²) < 4.78 is 0. The Hall–Kier alpha value is -1.29. The monoisotopic (exact) mass is 237 g/mol. The molecule has 0 spiro atoms. The van der Waals surface area contributed by atoms with Crippen LogP contribution in [0.2, 0.25) is 0 Å². The van der Waals surface area contributed by atoms with Crippen LogP contribution in [0.5, 0.6) is 0 Å². The fourth-order valence-electron chi connectivity index (χ4n) is 1.14. The van der Waals surface area contributed by atoms with Crippen LogP contribution in [0.3, 0.4) is 0 Å². The van der Waals surface area contributed by atoms with E-state index in [4.69, 9.17) is 0 Å². The Morgan fingerprint density at radius 3 is 2.38 bits per heavy atom. The molecule has 0 atom stereocenters. The first-order valence-electron chi connectivity index (χ1n) is 5.10. The van der Waals surface area contributed by atoms with Crippen molar-refractivity contribution < 1.29 is 4.92 Å². The normalized spacial score (nSPS) is 11.9. The number of benzene rings is 1. The van der Waals surface area contributed by atoms with E-state index < -0.39 is 0 Å². The highest BCUT2D eigenvalue weighted by Gasteiger charge is 2.13. The van der Waals surface area contributed by atoms with Crippen LogP contribution >= 0.6 is 11.8 Å². The fourth-order valence-corrected chi connectivity index (χ4v) is 2.07. The molecule has 0 aliphatic carbocycles. The Balaban J connectivity index is 2.84. The highest BCUT2D eigenvalue weighted by Crippen LogP contribution is 2.27. The van der Waals surface area contributed by atoms with E-state index in [1.807, 2.05) is 45.0 Å². The summed E-state index contributed by atoms with van der Waals surface area (Å²) in [7, 11) is 0. The second-order valence-electron chi connectivity index (χ2n) is 3.92. The second kappa shape index (κ2) is 5.70. The molecule has 0 amide bonds. The van der Waals surface area contributed by atoms with Gasteiger partial charge in [-0.25, -0.2) is 0 Å². The van der Waals surface area contributed by atoms with Gasteiger partial charge in [-0.2, -0.15) is 0 Å². The van der Waals surface area contributed by atoms with E-state index in [1.165, 1.54) is 11.8 Å². The van der Waals surface area contributed by atoms with E-state index in [0.29, 0.717) is 0 Å². The largest absolute Gasteiger partial charge is 0.304 e. The lowest BCUT2D eigenvalue weighted by atomic mass is 10.2. The molecule has 0 aliphatic rings. The predicted octanol–water partition coefficient (Wildman–Crippen LogP) is 3.86. The number of nitrogens with zero attached hydrogens (tertiary/aromatic N) is 1. The SMILES string of the molecule is Cc1ccc(S/C(=C\C(C)C)[N+](=O)[O-])cc1. The number of hydrogen-bond donors (Lipinski definition) is 0. The highest BCUT2D eigenvalue weighted by atomic mass is 32.2. The van der Waals surface area contributed by atoms with Crippen molar-refractivity contribution in [3.8, 4) is 0 Å². The third-order valence-corrected chi connectivity index (χ3v) is 2.90. The van der Waals surface area contributed by atoms with Crippen molar-refractivity contribution in [2.75, 3.05) is 0 Å². The summed E-state index contributed by atoms with van der Waals surface area (Å²) >= 11 is 1.20. The number of aryl methyl sites for hydroxylation is 1. The molecule has 0 saturated heterocycles. The van der Waals surface area contributed by atoms with Gasteiger partial charge in [0.25, 0.3) is 0 Å². The topological polar surface area (TPSA) is 43.1 Å². The van der Waals surface area contributed by atoms with Crippen molar-refractivity contribution in [3.05, 3.63) is 51.0 Å². The molecule has 0 heterocycles. The minimum Gasteiger partial charge on any atom is -0.258 e. The molecule has 0 N–H and O–H groups in total. The maximum absolute atomic E-state index is 10.8. The van der Waals surface area contributed by atoms with Crippen LogP contribution in [0.4, 0.5) is 0 Å². The van der Waals surface area contributed by atoms with Crippen LogP contribution in [0.15, 0.2) is 40.3 Å². The zero-order valence-electron chi connectivity index (χ0n) is 9.64. The van der Waals surface area contributed by atoms with Crippen molar-refractivity contribution >= 4 is 11.8 Å². The lowest BCUT2D eigenvalue weighted by Gasteiger charge is -2.01. The molecule has 4 heteroatoms. The predicted molar refractivity (Wildman–Crippen MR) is 67.0 cm³/mol. The van der Waals surface area contributed by atoms with Gasteiger partial charge in [-0.3, -0.25) is 10.1 Å². The maximum atomic E-state index is 10.8. The lowest BCUT2D eigenvalue weighted by Crippen LogP contribution is -1.96. The van der Waals surface area contributed by atoms with E-state index in [1.54, 1.807) is 6.08 Å². The van der Waals surface area contributed by atoms with Crippen molar-refractivity contribution in [2.45, 2.75) is 25.7 Å². The van der Waals surface area contributed by atoms with Gasteiger partial charge in [-0.15, -0.1) is 0 Å². The fraction of sp³-hybridized carbons (Fsp3) is 0.333. The molecule has 0 aromatic heterocycles. The van der Waals surface area contributed by atoms with E-state index in [0.717, 1.165) is 10.5 Å². The van der Waals surface area contributed by atoms with E-state index in [-0.39, 0.29) is 15.9 Å². The third-order valence-electron chi connectivity index (χ3n) is 1.90. The van der Waals surface area contributed by atoms with Gasteiger partial charge in [0.15, 0.2) is 0 Å². The van der Waals surface area contributed by atoms with Crippen LogP contribution in [0.1, 0.15) is 19.4 Å². The number of rotatable bonds is 4. The molecule has 1 aromatic rings. The minimum atomic E-state index is -0.329. The molecular weight excluding hydrogens is 222 g/mol. The Morgan fingerprint density at radius 2 is 1.94 bits per heavy atom. The first-order valence-corrected chi connectivity index (χ1v) is 5.91. The second-order valence-corrected chi connectivity index (χ2v) is 5.01. The first kappa shape index (κ1) is 12.8. The third kappa shape index (κ3) is 4.06. The molecule has 1 aromatic carbocycles. The molecule has 0 saturated carbocycles.